The normalized spacial score (nSPS) is 32.4. The van der Waals surface area contributed by atoms with Crippen LogP contribution in [0.2, 0.25) is 0 Å². The Morgan fingerprint density at radius 1 is 1.21 bits per heavy atom. The van der Waals surface area contributed by atoms with Crippen molar-refractivity contribution in [2.75, 3.05) is 31.6 Å². The predicted molar refractivity (Wildman–Crippen MR) is 84.0 cm³/mol. The van der Waals surface area contributed by atoms with Gasteiger partial charge in [0.1, 0.15) is 0 Å². The van der Waals surface area contributed by atoms with Crippen molar-refractivity contribution in [1.82, 2.24) is 10.2 Å². The number of ether oxygens (including phenoxy) is 1. The molecule has 0 aromatic carbocycles. The zero-order valence-electron chi connectivity index (χ0n) is 12.9. The van der Waals surface area contributed by atoms with E-state index in [2.05, 4.69) is 49.8 Å². The van der Waals surface area contributed by atoms with Crippen molar-refractivity contribution in [3.63, 3.8) is 0 Å². The summed E-state index contributed by atoms with van der Waals surface area (Å²) in [5.41, 5.74) is 0.194. The number of thioether (sulfide) groups is 1. The zero-order chi connectivity index (χ0) is 13.9. The Labute approximate surface area is 122 Å². The highest BCUT2D eigenvalue weighted by atomic mass is 32.2. The third kappa shape index (κ3) is 5.25. The highest BCUT2D eigenvalue weighted by molar-refractivity contribution is 7.99. The fourth-order valence-electron chi connectivity index (χ4n) is 2.82. The molecule has 0 aromatic heterocycles. The number of rotatable bonds is 5. The molecule has 19 heavy (non-hydrogen) atoms. The van der Waals surface area contributed by atoms with Crippen LogP contribution in [0.4, 0.5) is 0 Å². The van der Waals surface area contributed by atoms with Crippen molar-refractivity contribution < 1.29 is 4.74 Å². The summed E-state index contributed by atoms with van der Waals surface area (Å²) in [6, 6.07) is 0.778. The second-order valence-electron chi connectivity index (χ2n) is 7.05. The second-order valence-corrected chi connectivity index (χ2v) is 8.20. The van der Waals surface area contributed by atoms with Gasteiger partial charge in [-0.05, 0) is 52.8 Å². The molecule has 0 aromatic rings. The molecular weight excluding hydrogens is 256 g/mol. The van der Waals surface area contributed by atoms with Crippen LogP contribution in [0.5, 0.6) is 0 Å². The quantitative estimate of drug-likeness (QED) is 0.838. The van der Waals surface area contributed by atoms with Crippen LogP contribution in [0, 0.1) is 0 Å². The van der Waals surface area contributed by atoms with Crippen molar-refractivity contribution in [3.05, 3.63) is 0 Å². The molecule has 2 aliphatic heterocycles. The third-order valence-corrected chi connectivity index (χ3v) is 5.22. The molecule has 0 aliphatic carbocycles. The first-order valence-electron chi connectivity index (χ1n) is 7.62. The second kappa shape index (κ2) is 6.79. The van der Waals surface area contributed by atoms with E-state index in [4.69, 9.17) is 4.74 Å². The van der Waals surface area contributed by atoms with Gasteiger partial charge in [0, 0.05) is 30.4 Å². The van der Waals surface area contributed by atoms with Crippen LogP contribution in [-0.2, 0) is 4.74 Å². The van der Waals surface area contributed by atoms with Gasteiger partial charge in [-0.3, -0.25) is 4.90 Å². The molecule has 3 nitrogen and oxygen atoms in total. The fraction of sp³-hybridized carbons (Fsp3) is 1.00. The van der Waals surface area contributed by atoms with Gasteiger partial charge in [-0.2, -0.15) is 11.8 Å². The van der Waals surface area contributed by atoms with E-state index in [0.29, 0.717) is 12.2 Å². The Morgan fingerprint density at radius 3 is 2.58 bits per heavy atom. The molecule has 2 saturated heterocycles. The molecule has 3 unspecified atom stereocenters. The first kappa shape index (κ1) is 15.6. The maximum atomic E-state index is 6.18. The molecule has 4 heteroatoms. The van der Waals surface area contributed by atoms with E-state index in [1.54, 1.807) is 0 Å². The van der Waals surface area contributed by atoms with Crippen molar-refractivity contribution in [2.24, 2.45) is 0 Å². The first-order valence-corrected chi connectivity index (χ1v) is 8.78. The Morgan fingerprint density at radius 2 is 1.95 bits per heavy atom. The average Bonchev–Trinajstić information content (AvgIpc) is 2.96. The summed E-state index contributed by atoms with van der Waals surface area (Å²) in [7, 11) is 2.26. The molecule has 3 atom stereocenters. The fourth-order valence-corrected chi connectivity index (χ4v) is 4.12. The van der Waals surface area contributed by atoms with E-state index in [0.717, 1.165) is 19.1 Å². The molecule has 2 aliphatic rings. The molecule has 2 fully saturated rings. The lowest BCUT2D eigenvalue weighted by Gasteiger charge is -2.27. The molecule has 0 saturated carbocycles. The summed E-state index contributed by atoms with van der Waals surface area (Å²) >= 11 is 2.09. The van der Waals surface area contributed by atoms with Crippen LogP contribution in [0.1, 0.15) is 40.0 Å². The summed E-state index contributed by atoms with van der Waals surface area (Å²) in [5, 5.41) is 3.55. The number of nitrogens with zero attached hydrogens (tertiary/aromatic N) is 1. The minimum atomic E-state index is 0.194. The van der Waals surface area contributed by atoms with Crippen LogP contribution in [0.3, 0.4) is 0 Å². The topological polar surface area (TPSA) is 24.5 Å². The summed E-state index contributed by atoms with van der Waals surface area (Å²) in [6.07, 6.45) is 4.64. The van der Waals surface area contributed by atoms with Crippen molar-refractivity contribution >= 4 is 11.8 Å². The lowest BCUT2D eigenvalue weighted by molar-refractivity contribution is 0.0200. The highest BCUT2D eigenvalue weighted by Gasteiger charge is 2.29. The van der Waals surface area contributed by atoms with Gasteiger partial charge in [0.05, 0.1) is 12.2 Å². The van der Waals surface area contributed by atoms with Crippen LogP contribution in [0.15, 0.2) is 0 Å². The van der Waals surface area contributed by atoms with Crippen LogP contribution in [0.25, 0.3) is 0 Å². The van der Waals surface area contributed by atoms with E-state index < -0.39 is 0 Å². The Balaban J connectivity index is 1.67. The largest absolute Gasteiger partial charge is 0.372 e. The Hall–Kier alpha value is 0.230. The van der Waals surface area contributed by atoms with E-state index >= 15 is 0 Å². The number of hydrogen-bond acceptors (Lipinski definition) is 4. The standard InChI is InChI=1S/C15H30N2OS/c1-15(2,3)16-9-13-5-6-14(18-13)10-17(4)12-7-8-19-11-12/h12-14,16H,5-11H2,1-4H3. The Bertz CT molecular complexity index is 274. The third-order valence-electron chi connectivity index (χ3n) is 4.08. The summed E-state index contributed by atoms with van der Waals surface area (Å²) in [5.74, 6) is 2.64. The molecule has 0 bridgehead atoms. The van der Waals surface area contributed by atoms with Gasteiger partial charge in [-0.15, -0.1) is 0 Å². The molecule has 0 radical (unpaired) electrons. The van der Waals surface area contributed by atoms with E-state index in [-0.39, 0.29) is 5.54 Å². The number of nitrogens with one attached hydrogen (secondary N) is 1. The average molecular weight is 286 g/mol. The SMILES string of the molecule is CN(CC1CCC(CNC(C)(C)C)O1)C1CCSC1. The maximum absolute atomic E-state index is 6.18. The molecule has 1 N–H and O–H groups in total. The summed E-state index contributed by atoms with van der Waals surface area (Å²) < 4.78 is 6.18. The van der Waals surface area contributed by atoms with Crippen molar-refractivity contribution in [3.8, 4) is 0 Å². The number of likely N-dealkylation sites (N-methyl/N-ethyl adjacent to an activating group) is 1. The van der Waals surface area contributed by atoms with Crippen LogP contribution >= 0.6 is 11.8 Å². The zero-order valence-corrected chi connectivity index (χ0v) is 13.8. The molecule has 2 rings (SSSR count). The van der Waals surface area contributed by atoms with Gasteiger partial charge >= 0.3 is 0 Å². The van der Waals surface area contributed by atoms with Crippen molar-refractivity contribution in [1.29, 1.82) is 0 Å². The van der Waals surface area contributed by atoms with E-state index in [1.807, 2.05) is 0 Å². The molecule has 2 heterocycles. The van der Waals surface area contributed by atoms with Gasteiger partial charge in [-0.25, -0.2) is 0 Å². The summed E-state index contributed by atoms with van der Waals surface area (Å²) in [6.45, 7) is 8.74. The van der Waals surface area contributed by atoms with Crippen LogP contribution < -0.4 is 5.32 Å². The lowest BCUT2D eigenvalue weighted by atomic mass is 10.1. The Kier molecular flexibility index (Phi) is 5.58. The smallest absolute Gasteiger partial charge is 0.0707 e. The number of hydrogen-bond donors (Lipinski definition) is 1. The van der Waals surface area contributed by atoms with Gasteiger partial charge < -0.3 is 10.1 Å². The van der Waals surface area contributed by atoms with E-state index in [9.17, 15) is 0 Å². The maximum Gasteiger partial charge on any atom is 0.0707 e. The van der Waals surface area contributed by atoms with Gasteiger partial charge in [0.15, 0.2) is 0 Å². The lowest BCUT2D eigenvalue weighted by Crippen LogP contribution is -2.41. The highest BCUT2D eigenvalue weighted by Crippen LogP contribution is 2.25. The first-order chi connectivity index (χ1) is 8.94. The minimum absolute atomic E-state index is 0.194. The monoisotopic (exact) mass is 286 g/mol. The van der Waals surface area contributed by atoms with Crippen LogP contribution in [-0.4, -0.2) is 60.3 Å². The van der Waals surface area contributed by atoms with Gasteiger partial charge in [-0.1, -0.05) is 0 Å². The minimum Gasteiger partial charge on any atom is -0.372 e. The molecule has 0 spiro atoms. The molecular formula is C15H30N2OS. The van der Waals surface area contributed by atoms with E-state index in [1.165, 1.54) is 30.8 Å². The predicted octanol–water partition coefficient (Wildman–Crippen LogP) is 2.36. The van der Waals surface area contributed by atoms with Gasteiger partial charge in [0.25, 0.3) is 0 Å². The van der Waals surface area contributed by atoms with Crippen molar-refractivity contribution in [2.45, 2.75) is 63.8 Å². The summed E-state index contributed by atoms with van der Waals surface area (Å²) in [4.78, 5) is 2.52. The molecule has 112 valence electrons. The van der Waals surface area contributed by atoms with Gasteiger partial charge in [0.2, 0.25) is 0 Å². The molecule has 0 amide bonds.